The van der Waals surface area contributed by atoms with E-state index in [1.165, 1.54) is 36.0 Å². The minimum atomic E-state index is -0.352. The Balaban J connectivity index is 1.70. The predicted molar refractivity (Wildman–Crippen MR) is 90.5 cm³/mol. The standard InChI is InChI=1S/C18H17F2NO2S/c1-11-6-14(3-5-15(11)19)21-18(22)13-2-4-16(20)17(7-13)24-10-12-8-23-9-12/h2-7,12H,8-10H2,1H3,(H,21,22). The van der Waals surface area contributed by atoms with E-state index in [4.69, 9.17) is 4.74 Å². The van der Waals surface area contributed by atoms with Crippen molar-refractivity contribution in [3.05, 3.63) is 59.2 Å². The average Bonchev–Trinajstić information content (AvgIpc) is 2.51. The molecule has 0 bridgehead atoms. The second-order valence-corrected chi connectivity index (χ2v) is 6.84. The second-order valence-electron chi connectivity index (χ2n) is 5.78. The summed E-state index contributed by atoms with van der Waals surface area (Å²) >= 11 is 1.39. The van der Waals surface area contributed by atoms with Crippen molar-refractivity contribution in [3.63, 3.8) is 0 Å². The number of carbonyl (C=O) groups is 1. The minimum Gasteiger partial charge on any atom is -0.381 e. The van der Waals surface area contributed by atoms with E-state index < -0.39 is 0 Å². The zero-order chi connectivity index (χ0) is 17.1. The van der Waals surface area contributed by atoms with E-state index in [2.05, 4.69) is 5.32 Å². The SMILES string of the molecule is Cc1cc(NC(=O)c2ccc(F)c(SCC3COC3)c2)ccc1F. The first-order valence-corrected chi connectivity index (χ1v) is 8.59. The van der Waals surface area contributed by atoms with Crippen molar-refractivity contribution in [3.8, 4) is 0 Å². The molecule has 3 nitrogen and oxygen atoms in total. The molecule has 6 heteroatoms. The van der Waals surface area contributed by atoms with Crippen LogP contribution in [0.5, 0.6) is 0 Å². The third-order valence-corrected chi connectivity index (χ3v) is 5.05. The van der Waals surface area contributed by atoms with E-state index in [1.807, 2.05) is 0 Å². The van der Waals surface area contributed by atoms with Gasteiger partial charge in [0, 0.05) is 27.8 Å². The van der Waals surface area contributed by atoms with Gasteiger partial charge >= 0.3 is 0 Å². The number of amides is 1. The summed E-state index contributed by atoms with van der Waals surface area (Å²) in [6.45, 7) is 3.04. The van der Waals surface area contributed by atoms with Gasteiger partial charge in [0.15, 0.2) is 0 Å². The first-order valence-electron chi connectivity index (χ1n) is 7.60. The average molecular weight is 349 g/mol. The third-order valence-electron chi connectivity index (χ3n) is 3.79. The Morgan fingerprint density at radius 1 is 1.21 bits per heavy atom. The van der Waals surface area contributed by atoms with E-state index in [9.17, 15) is 13.6 Å². The Kier molecular flexibility index (Phi) is 5.16. The Labute approximate surface area is 143 Å². The van der Waals surface area contributed by atoms with Crippen molar-refractivity contribution in [1.82, 2.24) is 0 Å². The van der Waals surface area contributed by atoms with Gasteiger partial charge in [0.2, 0.25) is 0 Å². The summed E-state index contributed by atoms with van der Waals surface area (Å²) in [6.07, 6.45) is 0. The van der Waals surface area contributed by atoms with Crippen LogP contribution in [0.15, 0.2) is 41.3 Å². The molecule has 126 valence electrons. The zero-order valence-electron chi connectivity index (χ0n) is 13.1. The highest BCUT2D eigenvalue weighted by atomic mass is 32.2. The topological polar surface area (TPSA) is 38.3 Å². The molecule has 0 unspecified atom stereocenters. The van der Waals surface area contributed by atoms with Crippen LogP contribution in [-0.2, 0) is 4.74 Å². The molecule has 0 radical (unpaired) electrons. The molecule has 0 saturated carbocycles. The maximum atomic E-state index is 13.9. The van der Waals surface area contributed by atoms with Crippen LogP contribution in [-0.4, -0.2) is 24.9 Å². The van der Waals surface area contributed by atoms with E-state index in [-0.39, 0.29) is 17.5 Å². The van der Waals surface area contributed by atoms with E-state index in [0.29, 0.717) is 40.8 Å². The number of thioether (sulfide) groups is 1. The number of nitrogens with one attached hydrogen (secondary N) is 1. The molecular weight excluding hydrogens is 332 g/mol. The molecule has 0 aromatic heterocycles. The van der Waals surface area contributed by atoms with Gasteiger partial charge in [0.05, 0.1) is 13.2 Å². The number of anilines is 1. The Bertz CT molecular complexity index is 763. The monoisotopic (exact) mass is 349 g/mol. The fourth-order valence-corrected chi connectivity index (χ4v) is 3.29. The van der Waals surface area contributed by atoms with Crippen LogP contribution in [0.3, 0.4) is 0 Å². The quantitative estimate of drug-likeness (QED) is 0.820. The molecule has 2 aromatic carbocycles. The molecule has 0 atom stereocenters. The summed E-state index contributed by atoms with van der Waals surface area (Å²) in [6, 6.07) is 8.64. The fourth-order valence-electron chi connectivity index (χ4n) is 2.27. The van der Waals surface area contributed by atoms with Crippen LogP contribution >= 0.6 is 11.8 Å². The summed E-state index contributed by atoms with van der Waals surface area (Å²) in [4.78, 5) is 12.8. The number of rotatable bonds is 5. The molecule has 24 heavy (non-hydrogen) atoms. The maximum absolute atomic E-state index is 13.9. The molecule has 0 aliphatic carbocycles. The van der Waals surface area contributed by atoms with Crippen molar-refractivity contribution in [2.75, 3.05) is 24.3 Å². The maximum Gasteiger partial charge on any atom is 0.255 e. The van der Waals surface area contributed by atoms with Gasteiger partial charge in [-0.1, -0.05) is 0 Å². The van der Waals surface area contributed by atoms with E-state index in [0.717, 1.165) is 5.75 Å². The lowest BCUT2D eigenvalue weighted by Gasteiger charge is -2.25. The van der Waals surface area contributed by atoms with Gasteiger partial charge in [-0.3, -0.25) is 4.79 Å². The van der Waals surface area contributed by atoms with Crippen LogP contribution in [0.4, 0.5) is 14.5 Å². The van der Waals surface area contributed by atoms with E-state index >= 15 is 0 Å². The molecule has 2 aromatic rings. The summed E-state index contributed by atoms with van der Waals surface area (Å²) in [7, 11) is 0. The number of hydrogen-bond acceptors (Lipinski definition) is 3. The highest BCUT2D eigenvalue weighted by Gasteiger charge is 2.19. The van der Waals surface area contributed by atoms with Crippen molar-refractivity contribution >= 4 is 23.4 Å². The molecule has 1 heterocycles. The first kappa shape index (κ1) is 16.9. The lowest BCUT2D eigenvalue weighted by atomic mass is 10.1. The molecule has 1 saturated heterocycles. The number of ether oxygens (including phenoxy) is 1. The van der Waals surface area contributed by atoms with Crippen molar-refractivity contribution < 1.29 is 18.3 Å². The van der Waals surface area contributed by atoms with Crippen LogP contribution in [0.2, 0.25) is 0 Å². The zero-order valence-corrected chi connectivity index (χ0v) is 14.0. The van der Waals surface area contributed by atoms with Gasteiger partial charge in [-0.05, 0) is 48.9 Å². The molecule has 1 fully saturated rings. The smallest absolute Gasteiger partial charge is 0.255 e. The number of halogens is 2. The number of hydrogen-bond donors (Lipinski definition) is 1. The van der Waals surface area contributed by atoms with E-state index in [1.54, 1.807) is 19.1 Å². The summed E-state index contributed by atoms with van der Waals surface area (Å²) in [5.74, 6) is 0.186. The highest BCUT2D eigenvalue weighted by molar-refractivity contribution is 7.99. The second kappa shape index (κ2) is 7.32. The molecular formula is C18H17F2NO2S. The van der Waals surface area contributed by atoms with Crippen LogP contribution < -0.4 is 5.32 Å². The first-order chi connectivity index (χ1) is 11.5. The molecule has 1 N–H and O–H groups in total. The normalized spacial score (nSPS) is 14.3. The summed E-state index contributed by atoms with van der Waals surface area (Å²) in [5, 5.41) is 2.70. The fraction of sp³-hybridized carbons (Fsp3) is 0.278. The van der Waals surface area contributed by atoms with Gasteiger partial charge < -0.3 is 10.1 Å². The number of aryl methyl sites for hydroxylation is 1. The van der Waals surface area contributed by atoms with Gasteiger partial charge in [-0.15, -0.1) is 11.8 Å². The van der Waals surface area contributed by atoms with Crippen molar-refractivity contribution in [2.24, 2.45) is 5.92 Å². The molecule has 1 aliphatic rings. The van der Waals surface area contributed by atoms with Crippen molar-refractivity contribution in [2.45, 2.75) is 11.8 Å². The Morgan fingerprint density at radius 3 is 2.62 bits per heavy atom. The lowest BCUT2D eigenvalue weighted by Crippen LogP contribution is -2.29. The lowest BCUT2D eigenvalue weighted by molar-refractivity contribution is -0.0196. The van der Waals surface area contributed by atoms with Crippen LogP contribution in [0.1, 0.15) is 15.9 Å². The predicted octanol–water partition coefficient (Wildman–Crippen LogP) is 4.26. The largest absolute Gasteiger partial charge is 0.381 e. The number of benzene rings is 2. The Hall–Kier alpha value is -1.92. The summed E-state index contributed by atoms with van der Waals surface area (Å²) in [5.41, 5.74) is 1.32. The Morgan fingerprint density at radius 2 is 1.96 bits per heavy atom. The van der Waals surface area contributed by atoms with Crippen LogP contribution in [0.25, 0.3) is 0 Å². The van der Waals surface area contributed by atoms with Crippen molar-refractivity contribution in [1.29, 1.82) is 0 Å². The molecule has 1 amide bonds. The number of carbonyl (C=O) groups excluding carboxylic acids is 1. The minimum absolute atomic E-state index is 0.326. The molecule has 3 rings (SSSR count). The molecule has 0 spiro atoms. The van der Waals surface area contributed by atoms with Gasteiger partial charge in [-0.2, -0.15) is 0 Å². The van der Waals surface area contributed by atoms with Gasteiger partial charge in [0.25, 0.3) is 5.91 Å². The van der Waals surface area contributed by atoms with Gasteiger partial charge in [-0.25, -0.2) is 8.78 Å². The van der Waals surface area contributed by atoms with Gasteiger partial charge in [0.1, 0.15) is 11.6 Å². The van der Waals surface area contributed by atoms with Crippen LogP contribution in [0, 0.1) is 24.5 Å². The molecule has 1 aliphatic heterocycles. The highest BCUT2D eigenvalue weighted by Crippen LogP contribution is 2.27. The summed E-state index contributed by atoms with van der Waals surface area (Å²) < 4.78 is 32.3. The third kappa shape index (κ3) is 3.94.